The van der Waals surface area contributed by atoms with Crippen molar-refractivity contribution >= 4 is 12.0 Å². The molecule has 0 aromatic heterocycles. The van der Waals surface area contributed by atoms with Gasteiger partial charge < -0.3 is 142 Å². The Morgan fingerprint density at radius 2 is 1.11 bits per heavy atom. The Balaban J connectivity index is 0.665. The third kappa shape index (κ3) is 14.5. The van der Waals surface area contributed by atoms with Gasteiger partial charge in [-0.2, -0.15) is 0 Å². The zero-order valence-corrected chi connectivity index (χ0v) is 58.7. The van der Waals surface area contributed by atoms with Crippen LogP contribution in [0.4, 0.5) is 0 Å². The maximum atomic E-state index is 13.7. The van der Waals surface area contributed by atoms with Crippen molar-refractivity contribution in [2.75, 3.05) is 41.7 Å². The Labute approximate surface area is 582 Å². The van der Waals surface area contributed by atoms with Gasteiger partial charge in [-0.05, 0) is 96.6 Å². The van der Waals surface area contributed by atoms with E-state index in [1.54, 1.807) is 48.0 Å². The lowest BCUT2D eigenvalue weighted by Gasteiger charge is -2.67. The van der Waals surface area contributed by atoms with Crippen LogP contribution in [0.1, 0.15) is 118 Å². The van der Waals surface area contributed by atoms with Crippen LogP contribution in [0.2, 0.25) is 0 Å². The fourth-order valence-corrected chi connectivity index (χ4v) is 18.1. The van der Waals surface area contributed by atoms with Crippen LogP contribution in [0, 0.1) is 16.7 Å². The van der Waals surface area contributed by atoms with Crippen LogP contribution >= 0.6 is 0 Å². The van der Waals surface area contributed by atoms with Gasteiger partial charge in [-0.1, -0.05) is 55.8 Å². The van der Waals surface area contributed by atoms with Crippen molar-refractivity contribution < 1.29 is 147 Å². The highest BCUT2D eigenvalue weighted by Gasteiger charge is 2.81. The number of esters is 1. The largest absolute Gasteiger partial charge is 0.458 e. The monoisotopic (exact) mass is 1430 g/mol. The fourth-order valence-electron chi connectivity index (χ4n) is 18.1. The van der Waals surface area contributed by atoms with Crippen LogP contribution in [0.25, 0.3) is 6.08 Å². The Morgan fingerprint density at radius 1 is 0.590 bits per heavy atom. The number of ether oxygens (including phenoxy) is 17. The minimum atomic E-state index is -1.95. The third-order valence-electron chi connectivity index (χ3n) is 24.0. The third-order valence-corrected chi connectivity index (χ3v) is 24.0. The van der Waals surface area contributed by atoms with E-state index >= 15 is 0 Å². The smallest absolute Gasteiger partial charge is 0.331 e. The van der Waals surface area contributed by atoms with Gasteiger partial charge in [0.05, 0.1) is 73.6 Å². The second-order valence-electron chi connectivity index (χ2n) is 29.6. The van der Waals surface area contributed by atoms with E-state index < -0.39 is 231 Å². The van der Waals surface area contributed by atoms with E-state index in [2.05, 4.69) is 6.92 Å². The van der Waals surface area contributed by atoms with Crippen molar-refractivity contribution in [1.29, 1.82) is 0 Å². The molecule has 30 heteroatoms. The maximum absolute atomic E-state index is 13.7. The molecular formula is C70H108O30. The summed E-state index contributed by atoms with van der Waals surface area (Å²) in [6.07, 6.45) is -25.7. The van der Waals surface area contributed by atoms with Crippen molar-refractivity contribution in [2.45, 2.75) is 314 Å². The molecule has 0 amide bonds. The van der Waals surface area contributed by atoms with Crippen LogP contribution in [0.15, 0.2) is 48.1 Å². The van der Waals surface area contributed by atoms with Crippen molar-refractivity contribution in [3.63, 3.8) is 0 Å². The zero-order chi connectivity index (χ0) is 72.3. The van der Waals surface area contributed by atoms with E-state index in [9.17, 15) is 66.1 Å². The van der Waals surface area contributed by atoms with Gasteiger partial charge in [0, 0.05) is 59.7 Å². The molecule has 9 fully saturated rings. The van der Waals surface area contributed by atoms with Gasteiger partial charge >= 0.3 is 5.97 Å². The molecule has 4 aliphatic carbocycles. The molecule has 30 nitrogen and oxygen atoms in total. The summed E-state index contributed by atoms with van der Waals surface area (Å²) in [6.45, 7) is 11.0. The predicted molar refractivity (Wildman–Crippen MR) is 343 cm³/mol. The molecule has 2 unspecified atom stereocenters. The summed E-state index contributed by atoms with van der Waals surface area (Å²) in [5, 5.41) is 135. The molecule has 0 bridgehead atoms. The quantitative estimate of drug-likeness (QED) is 0.0401. The number of carbonyl (C=O) groups is 1. The van der Waals surface area contributed by atoms with Crippen LogP contribution < -0.4 is 0 Å². The minimum absolute atomic E-state index is 0.0184. The van der Waals surface area contributed by atoms with E-state index in [1.807, 2.05) is 43.3 Å². The first kappa shape index (κ1) is 78.1. The average molecular weight is 1430 g/mol. The fraction of sp³-hybridized carbons (Fsp3) is 0.843. The molecule has 1 aromatic rings. The van der Waals surface area contributed by atoms with Gasteiger partial charge in [-0.25, -0.2) is 4.79 Å². The topological polar surface area (TPSA) is 417 Å². The van der Waals surface area contributed by atoms with Crippen LogP contribution in [-0.2, 0) is 85.3 Å². The van der Waals surface area contributed by atoms with Crippen LogP contribution in [0.5, 0.6) is 0 Å². The summed E-state index contributed by atoms with van der Waals surface area (Å²) in [5.41, 5.74) is -6.08. The normalized spacial score (nSPS) is 50.2. The van der Waals surface area contributed by atoms with Gasteiger partial charge in [-0.15, -0.1) is 0 Å². The second-order valence-corrected chi connectivity index (χ2v) is 29.6. The number of rotatable bonds is 22. The summed E-state index contributed by atoms with van der Waals surface area (Å²) >= 11 is 0. The number of hydrogen-bond donors (Lipinski definition) is 12. The lowest BCUT2D eigenvalue weighted by Crippen LogP contribution is -2.78. The average Bonchev–Trinajstić information content (AvgIpc) is 1.39. The number of carbonyl (C=O) groups excluding carboxylic acids is 1. The molecule has 10 aliphatic rings. The first-order valence-electron chi connectivity index (χ1n) is 35.2. The summed E-state index contributed by atoms with van der Waals surface area (Å²) in [4.78, 5) is 13.7. The summed E-state index contributed by atoms with van der Waals surface area (Å²) in [7, 11) is 5.99. The number of aliphatic hydroxyl groups is 12. The lowest BCUT2D eigenvalue weighted by atomic mass is 9.42. The Bertz CT molecular complexity index is 2910. The number of aliphatic hydroxyl groups excluding tert-OH is 9. The molecule has 568 valence electrons. The van der Waals surface area contributed by atoms with Gasteiger partial charge in [0.25, 0.3) is 0 Å². The molecule has 100 heavy (non-hydrogen) atoms. The Morgan fingerprint density at radius 3 is 1.67 bits per heavy atom. The molecular weight excluding hydrogens is 1320 g/mol. The molecule has 36 atom stereocenters. The first-order valence-corrected chi connectivity index (χ1v) is 35.2. The van der Waals surface area contributed by atoms with Crippen molar-refractivity contribution in [1.82, 2.24) is 0 Å². The minimum Gasteiger partial charge on any atom is -0.458 e. The SMILES string of the molecule is CO[C@@H]1[C@@H](O)[C@H](O[C@H]2[C@@H](OC)C[C@H](O[C@H]3[C@@H](OC)C[C@H](O[C@H]4CC[C@@]5(C)C(=CC[C@]6(O)[C@@H]5C[C@@H](OC(=O)/C=C/c5ccccc5)[C@]5(C)C(O)(C(C)O)CC[C@]65O)C4)O[C@@H]3C)O[C@@H]2C)O[C@H](C)[C@@H]1O[C@H]1C[C@@H](OC)[C@H](O[C@@H]2O[C@H](CO[C@@H]3O[C@H](CO)[C@@H](O)[C@H](O)[C@H]3O)[C@@H](O)[C@H](O)[C@H]2O)[C@@H](C)O1. The number of benzene rings is 1. The maximum Gasteiger partial charge on any atom is 0.331 e. The molecule has 6 heterocycles. The summed E-state index contributed by atoms with van der Waals surface area (Å²) < 4.78 is 105. The highest BCUT2D eigenvalue weighted by molar-refractivity contribution is 5.87. The lowest BCUT2D eigenvalue weighted by molar-refractivity contribution is -0.373. The molecule has 6 aliphatic heterocycles. The van der Waals surface area contributed by atoms with E-state index in [4.69, 9.17) is 80.5 Å². The van der Waals surface area contributed by atoms with Crippen molar-refractivity contribution in [3.8, 4) is 0 Å². The Kier molecular flexibility index (Phi) is 24.6. The molecule has 3 saturated carbocycles. The van der Waals surface area contributed by atoms with Crippen LogP contribution in [0.3, 0.4) is 0 Å². The van der Waals surface area contributed by atoms with E-state index in [0.717, 1.165) is 11.1 Å². The molecule has 6 saturated heterocycles. The molecule has 11 rings (SSSR count). The molecule has 1 aromatic carbocycles. The number of hydrogen-bond acceptors (Lipinski definition) is 30. The van der Waals surface area contributed by atoms with Crippen molar-refractivity contribution in [2.24, 2.45) is 16.7 Å². The van der Waals surface area contributed by atoms with E-state index in [0.29, 0.717) is 25.7 Å². The first-order chi connectivity index (χ1) is 47.4. The number of fused-ring (bicyclic) bond motifs is 5. The zero-order valence-electron chi connectivity index (χ0n) is 58.7. The highest BCUT2D eigenvalue weighted by Crippen LogP contribution is 2.71. The van der Waals surface area contributed by atoms with Gasteiger partial charge in [0.15, 0.2) is 37.7 Å². The van der Waals surface area contributed by atoms with Gasteiger partial charge in [0.2, 0.25) is 0 Å². The molecule has 12 N–H and O–H groups in total. The standard InChI is InChI=1S/C70H108O30/c1-32-58(40(84-8)26-48(89-32)93-39-20-21-66(6)38(25-39)19-22-69(82)45(66)29-46(96-47(73)18-17-37-15-13-12-14-16-37)67(7)68(81,36(5)72)23-24-70(67,69)83)97-49-27-41(85-9)60(34(3)90-49)100-65-57(80)62(87-11)61(35(4)92-65)98-50-28-42(86-10)59(33(2)91-50)99-64-56(79)54(77)52(75)44(95-64)31-88-63-55(78)53(76)51(74)43(30-71)94-63/h12-19,32-36,39-46,48-65,71-72,74-83H,20-31H2,1-11H3/b18-17+/t32-,33-,34-,35-,36?,39+,40+,41+,42-,43-,44-,45-,46-,48+,49+,50+,51-,52-,53+,54+,55-,56-,57-,58-,59-,60-,61+,62-,63-,64+,65+,66+,67-,68?,69+,70-/m1/s1. The predicted octanol–water partition coefficient (Wildman–Crippen LogP) is -0.353. The Hall–Kier alpha value is -2.95. The molecule has 0 radical (unpaired) electrons. The highest BCUT2D eigenvalue weighted by atomic mass is 16.8. The van der Waals surface area contributed by atoms with Gasteiger partial charge in [-0.3, -0.25) is 0 Å². The van der Waals surface area contributed by atoms with Crippen molar-refractivity contribution in [3.05, 3.63) is 53.6 Å². The van der Waals surface area contributed by atoms with E-state index in [-0.39, 0.29) is 44.6 Å². The van der Waals surface area contributed by atoms with Crippen LogP contribution in [-0.4, -0.2) is 310 Å². The summed E-state index contributed by atoms with van der Waals surface area (Å²) in [5.74, 6) is -1.27. The summed E-state index contributed by atoms with van der Waals surface area (Å²) in [6, 6.07) is 9.27. The molecule has 0 spiro atoms. The van der Waals surface area contributed by atoms with E-state index in [1.165, 1.54) is 27.2 Å². The van der Waals surface area contributed by atoms with Gasteiger partial charge in [0.1, 0.15) is 108 Å². The second kappa shape index (κ2) is 31.5. The number of methoxy groups -OCH3 is 4.